The Morgan fingerprint density at radius 3 is 2.33 bits per heavy atom. The first-order chi connectivity index (χ1) is 6.99. The highest BCUT2D eigenvalue weighted by Gasteiger charge is 2.30. The molecule has 0 radical (unpaired) electrons. The van der Waals surface area contributed by atoms with Crippen molar-refractivity contribution in [1.82, 2.24) is 0 Å². The minimum absolute atomic E-state index is 0.369. The molecule has 0 aliphatic heterocycles. The fourth-order valence-corrected chi connectivity index (χ4v) is 1.54. The van der Waals surface area contributed by atoms with Crippen molar-refractivity contribution in [3.8, 4) is 0 Å². The number of alkyl halides is 3. The first-order valence-corrected chi connectivity index (χ1v) is 4.88. The molecule has 0 heterocycles. The van der Waals surface area contributed by atoms with Crippen molar-refractivity contribution in [2.75, 3.05) is 6.54 Å². The van der Waals surface area contributed by atoms with Crippen LogP contribution in [0.1, 0.15) is 23.6 Å². The fraction of sp³-hybridized carbons (Fsp3) is 0.455. The van der Waals surface area contributed by atoms with Gasteiger partial charge in [0, 0.05) is 0 Å². The van der Waals surface area contributed by atoms with Crippen LogP contribution in [0, 0.1) is 0 Å². The van der Waals surface area contributed by atoms with E-state index in [1.807, 2.05) is 6.92 Å². The maximum Gasteiger partial charge on any atom is 0.416 e. The second-order valence-electron chi connectivity index (χ2n) is 3.37. The van der Waals surface area contributed by atoms with E-state index in [-0.39, 0.29) is 0 Å². The van der Waals surface area contributed by atoms with Crippen molar-refractivity contribution >= 4 is 0 Å². The van der Waals surface area contributed by atoms with Gasteiger partial charge in [-0.3, -0.25) is 0 Å². The van der Waals surface area contributed by atoms with E-state index in [1.165, 1.54) is 12.1 Å². The van der Waals surface area contributed by atoms with Crippen molar-refractivity contribution < 1.29 is 13.2 Å². The summed E-state index contributed by atoms with van der Waals surface area (Å²) in [7, 11) is 0. The maximum absolute atomic E-state index is 12.4. The Labute approximate surface area is 87.1 Å². The van der Waals surface area contributed by atoms with Gasteiger partial charge >= 0.3 is 6.18 Å². The van der Waals surface area contributed by atoms with Gasteiger partial charge < -0.3 is 5.73 Å². The predicted molar refractivity (Wildman–Crippen MR) is 53.6 cm³/mol. The molecule has 0 saturated carbocycles. The Morgan fingerprint density at radius 1 is 1.20 bits per heavy atom. The summed E-state index contributed by atoms with van der Waals surface area (Å²) in [5.74, 6) is 0. The number of nitrogens with two attached hydrogens (primary N) is 1. The molecular formula is C11H14F3N. The third kappa shape index (κ3) is 2.96. The van der Waals surface area contributed by atoms with Crippen LogP contribution in [-0.2, 0) is 19.0 Å². The number of aryl methyl sites for hydroxylation is 1. The first kappa shape index (κ1) is 12.0. The molecular weight excluding hydrogens is 203 g/mol. The zero-order chi connectivity index (χ0) is 11.5. The third-order valence-corrected chi connectivity index (χ3v) is 2.33. The molecule has 1 nitrogen and oxygen atoms in total. The zero-order valence-electron chi connectivity index (χ0n) is 8.56. The molecule has 2 N–H and O–H groups in total. The summed E-state index contributed by atoms with van der Waals surface area (Å²) in [6, 6.07) is 3.86. The Hall–Kier alpha value is -1.03. The molecule has 0 aliphatic rings. The second-order valence-corrected chi connectivity index (χ2v) is 3.37. The lowest BCUT2D eigenvalue weighted by Gasteiger charge is -2.12. The van der Waals surface area contributed by atoms with Gasteiger partial charge in [0.05, 0.1) is 5.56 Å². The van der Waals surface area contributed by atoms with E-state index in [2.05, 4.69) is 0 Å². The van der Waals surface area contributed by atoms with Gasteiger partial charge in [0.2, 0.25) is 0 Å². The van der Waals surface area contributed by atoms with Crippen molar-refractivity contribution in [3.63, 3.8) is 0 Å². The molecule has 1 rings (SSSR count). The summed E-state index contributed by atoms with van der Waals surface area (Å²) in [4.78, 5) is 0. The summed E-state index contributed by atoms with van der Waals surface area (Å²) in [5, 5.41) is 0. The van der Waals surface area contributed by atoms with Gasteiger partial charge in [0.1, 0.15) is 0 Å². The van der Waals surface area contributed by atoms with Gasteiger partial charge in [-0.15, -0.1) is 0 Å². The van der Waals surface area contributed by atoms with Crippen LogP contribution in [0.4, 0.5) is 13.2 Å². The first-order valence-electron chi connectivity index (χ1n) is 4.88. The molecule has 0 fully saturated rings. The van der Waals surface area contributed by atoms with Gasteiger partial charge in [0.15, 0.2) is 0 Å². The number of benzene rings is 1. The van der Waals surface area contributed by atoms with Crippen molar-refractivity contribution in [2.45, 2.75) is 25.9 Å². The summed E-state index contributed by atoms with van der Waals surface area (Å²) < 4.78 is 37.2. The average molecular weight is 217 g/mol. The normalized spacial score (nSPS) is 11.8. The maximum atomic E-state index is 12.4. The Balaban J connectivity index is 3.10. The number of halogens is 3. The SMILES string of the molecule is CCc1ccc(C(F)(F)F)cc1CCN. The van der Waals surface area contributed by atoms with Crippen LogP contribution < -0.4 is 5.73 Å². The lowest BCUT2D eigenvalue weighted by Crippen LogP contribution is -2.09. The predicted octanol–water partition coefficient (Wildman–Crippen LogP) is 2.77. The topological polar surface area (TPSA) is 26.0 Å². The highest BCUT2D eigenvalue weighted by Crippen LogP contribution is 2.30. The average Bonchev–Trinajstić information content (AvgIpc) is 2.17. The zero-order valence-corrected chi connectivity index (χ0v) is 8.56. The Kier molecular flexibility index (Phi) is 3.74. The summed E-state index contributed by atoms with van der Waals surface area (Å²) >= 11 is 0. The molecule has 4 heteroatoms. The van der Waals surface area contributed by atoms with Crippen molar-refractivity contribution in [2.24, 2.45) is 5.73 Å². The van der Waals surface area contributed by atoms with Crippen molar-refractivity contribution in [1.29, 1.82) is 0 Å². The molecule has 0 aromatic heterocycles. The number of hydrogen-bond acceptors (Lipinski definition) is 1. The van der Waals surface area contributed by atoms with Gasteiger partial charge in [-0.2, -0.15) is 13.2 Å². The lowest BCUT2D eigenvalue weighted by atomic mass is 9.99. The molecule has 1 aromatic carbocycles. The summed E-state index contributed by atoms with van der Waals surface area (Å²) in [6.45, 7) is 2.29. The van der Waals surface area contributed by atoms with Gasteiger partial charge in [-0.05, 0) is 42.6 Å². The molecule has 0 aliphatic carbocycles. The minimum atomic E-state index is -4.27. The smallest absolute Gasteiger partial charge is 0.330 e. The van der Waals surface area contributed by atoms with Crippen LogP contribution in [0.15, 0.2) is 18.2 Å². The van der Waals surface area contributed by atoms with Crippen LogP contribution in [-0.4, -0.2) is 6.54 Å². The fourth-order valence-electron chi connectivity index (χ4n) is 1.54. The highest BCUT2D eigenvalue weighted by atomic mass is 19.4. The molecule has 0 spiro atoms. The summed E-state index contributed by atoms with van der Waals surface area (Å²) in [6.07, 6.45) is -3.05. The van der Waals surface area contributed by atoms with Crippen LogP contribution >= 0.6 is 0 Å². The van der Waals surface area contributed by atoms with E-state index in [1.54, 1.807) is 0 Å². The van der Waals surface area contributed by atoms with Crippen LogP contribution in [0.5, 0.6) is 0 Å². The van der Waals surface area contributed by atoms with Gasteiger partial charge in [0.25, 0.3) is 0 Å². The highest BCUT2D eigenvalue weighted by molar-refractivity contribution is 5.33. The number of rotatable bonds is 3. The summed E-state index contributed by atoms with van der Waals surface area (Å²) in [5.41, 5.74) is 6.41. The van der Waals surface area contributed by atoms with E-state index in [4.69, 9.17) is 5.73 Å². The van der Waals surface area contributed by atoms with E-state index in [9.17, 15) is 13.2 Å². The third-order valence-electron chi connectivity index (χ3n) is 2.33. The monoisotopic (exact) mass is 217 g/mol. The quantitative estimate of drug-likeness (QED) is 0.827. The molecule has 0 amide bonds. The van der Waals surface area contributed by atoms with Gasteiger partial charge in [-0.25, -0.2) is 0 Å². The molecule has 0 unspecified atom stereocenters. The molecule has 0 saturated heterocycles. The van der Waals surface area contributed by atoms with E-state index in [0.29, 0.717) is 18.5 Å². The molecule has 0 bridgehead atoms. The number of hydrogen-bond donors (Lipinski definition) is 1. The van der Waals surface area contributed by atoms with Crippen LogP contribution in [0.3, 0.4) is 0 Å². The Morgan fingerprint density at radius 2 is 1.87 bits per heavy atom. The molecule has 84 valence electrons. The minimum Gasteiger partial charge on any atom is -0.330 e. The van der Waals surface area contributed by atoms with Crippen LogP contribution in [0.2, 0.25) is 0 Å². The molecule has 1 aromatic rings. The molecule has 15 heavy (non-hydrogen) atoms. The van der Waals surface area contributed by atoms with E-state index >= 15 is 0 Å². The van der Waals surface area contributed by atoms with Crippen LogP contribution in [0.25, 0.3) is 0 Å². The van der Waals surface area contributed by atoms with Crippen molar-refractivity contribution in [3.05, 3.63) is 34.9 Å². The second kappa shape index (κ2) is 4.66. The molecule has 0 atom stereocenters. The Bertz CT molecular complexity index is 331. The standard InChI is InChI=1S/C11H14F3N/c1-2-8-3-4-10(11(12,13)14)7-9(8)5-6-15/h3-4,7H,2,5-6,15H2,1H3. The lowest BCUT2D eigenvalue weighted by molar-refractivity contribution is -0.137. The largest absolute Gasteiger partial charge is 0.416 e. The van der Waals surface area contributed by atoms with Gasteiger partial charge in [-0.1, -0.05) is 13.0 Å². The van der Waals surface area contributed by atoms with E-state index in [0.717, 1.165) is 18.1 Å². The van der Waals surface area contributed by atoms with E-state index < -0.39 is 11.7 Å².